The first-order valence-electron chi connectivity index (χ1n) is 6.42. The van der Waals surface area contributed by atoms with Crippen LogP contribution < -0.4 is 10.2 Å². The van der Waals surface area contributed by atoms with Crippen LogP contribution in [0.25, 0.3) is 0 Å². The van der Waals surface area contributed by atoms with Gasteiger partial charge in [0.2, 0.25) is 0 Å². The van der Waals surface area contributed by atoms with E-state index >= 15 is 0 Å². The molecule has 102 valence electrons. The van der Waals surface area contributed by atoms with Crippen LogP contribution in [0.1, 0.15) is 18.1 Å². The Labute approximate surface area is 127 Å². The summed E-state index contributed by atoms with van der Waals surface area (Å²) < 4.78 is 1.12. The molecule has 0 aliphatic heterocycles. The molecule has 1 aromatic carbocycles. The molecule has 2 rings (SSSR count). The van der Waals surface area contributed by atoms with Crippen molar-refractivity contribution in [3.05, 3.63) is 50.6 Å². The van der Waals surface area contributed by atoms with Crippen molar-refractivity contribution in [2.75, 3.05) is 18.5 Å². The van der Waals surface area contributed by atoms with Gasteiger partial charge in [0.25, 0.3) is 0 Å². The van der Waals surface area contributed by atoms with Gasteiger partial charge in [-0.15, -0.1) is 0 Å². The summed E-state index contributed by atoms with van der Waals surface area (Å²) in [5.41, 5.74) is 3.98. The monoisotopic (exact) mass is 338 g/mol. The first-order valence-corrected chi connectivity index (χ1v) is 8.15. The van der Waals surface area contributed by atoms with Crippen LogP contribution in [0, 0.1) is 0 Å². The second kappa shape index (κ2) is 7.08. The summed E-state index contributed by atoms with van der Waals surface area (Å²) in [6, 6.07) is 8.67. The SMILES string of the molecule is CCNCc1ccc(Br)cc1N(C)Cc1ccsc1. The molecule has 19 heavy (non-hydrogen) atoms. The minimum Gasteiger partial charge on any atom is -0.370 e. The van der Waals surface area contributed by atoms with Crippen LogP contribution in [0.15, 0.2) is 39.5 Å². The van der Waals surface area contributed by atoms with E-state index in [1.54, 1.807) is 11.3 Å². The van der Waals surface area contributed by atoms with Gasteiger partial charge < -0.3 is 10.2 Å². The molecule has 1 aromatic heterocycles. The Hall–Kier alpha value is -0.840. The van der Waals surface area contributed by atoms with Crippen LogP contribution >= 0.6 is 27.3 Å². The highest BCUT2D eigenvalue weighted by molar-refractivity contribution is 9.10. The highest BCUT2D eigenvalue weighted by Gasteiger charge is 2.09. The normalized spacial score (nSPS) is 10.7. The predicted molar refractivity (Wildman–Crippen MR) is 87.9 cm³/mol. The van der Waals surface area contributed by atoms with Crippen molar-refractivity contribution >= 4 is 33.0 Å². The summed E-state index contributed by atoms with van der Waals surface area (Å²) in [5.74, 6) is 0. The van der Waals surface area contributed by atoms with Gasteiger partial charge in [0, 0.05) is 30.3 Å². The number of halogens is 1. The van der Waals surface area contributed by atoms with E-state index in [2.05, 4.69) is 75.1 Å². The largest absolute Gasteiger partial charge is 0.370 e. The minimum atomic E-state index is 0.910. The van der Waals surface area contributed by atoms with Crippen molar-refractivity contribution in [2.24, 2.45) is 0 Å². The van der Waals surface area contributed by atoms with Gasteiger partial charge in [0.1, 0.15) is 0 Å². The standard InChI is InChI=1S/C15H19BrN2S/c1-3-17-9-13-4-5-14(16)8-15(13)18(2)10-12-6-7-19-11-12/h4-8,11,17H,3,9-10H2,1-2H3. The van der Waals surface area contributed by atoms with Crippen LogP contribution in [-0.4, -0.2) is 13.6 Å². The highest BCUT2D eigenvalue weighted by atomic mass is 79.9. The number of anilines is 1. The highest BCUT2D eigenvalue weighted by Crippen LogP contribution is 2.26. The van der Waals surface area contributed by atoms with Crippen molar-refractivity contribution in [1.82, 2.24) is 5.32 Å². The smallest absolute Gasteiger partial charge is 0.0434 e. The number of hydrogen-bond donors (Lipinski definition) is 1. The molecule has 0 fully saturated rings. The molecular formula is C15H19BrN2S. The van der Waals surface area contributed by atoms with Gasteiger partial charge in [-0.05, 0) is 46.6 Å². The number of hydrogen-bond acceptors (Lipinski definition) is 3. The van der Waals surface area contributed by atoms with Crippen LogP contribution in [0.2, 0.25) is 0 Å². The van der Waals surface area contributed by atoms with E-state index in [1.165, 1.54) is 16.8 Å². The molecule has 0 amide bonds. The maximum Gasteiger partial charge on any atom is 0.0434 e. The second-order valence-electron chi connectivity index (χ2n) is 4.54. The van der Waals surface area contributed by atoms with E-state index in [0.29, 0.717) is 0 Å². The summed E-state index contributed by atoms with van der Waals surface area (Å²) in [6.45, 7) is 4.98. The molecule has 0 atom stereocenters. The fourth-order valence-corrected chi connectivity index (χ4v) is 3.05. The summed E-state index contributed by atoms with van der Waals surface area (Å²) >= 11 is 5.32. The fourth-order valence-electron chi connectivity index (χ4n) is 2.04. The van der Waals surface area contributed by atoms with Gasteiger partial charge in [-0.2, -0.15) is 11.3 Å². The Kier molecular flexibility index (Phi) is 5.43. The van der Waals surface area contributed by atoms with Crippen LogP contribution in [0.3, 0.4) is 0 Å². The van der Waals surface area contributed by atoms with Crippen LogP contribution in [0.4, 0.5) is 5.69 Å². The zero-order chi connectivity index (χ0) is 13.7. The topological polar surface area (TPSA) is 15.3 Å². The summed E-state index contributed by atoms with van der Waals surface area (Å²) in [5, 5.41) is 7.73. The summed E-state index contributed by atoms with van der Waals surface area (Å²) in [6.07, 6.45) is 0. The molecule has 1 N–H and O–H groups in total. The molecule has 0 radical (unpaired) electrons. The third-order valence-corrected chi connectivity index (χ3v) is 4.25. The van der Waals surface area contributed by atoms with E-state index in [-0.39, 0.29) is 0 Å². The van der Waals surface area contributed by atoms with Gasteiger partial charge in [0.15, 0.2) is 0 Å². The first kappa shape index (κ1) is 14.6. The summed E-state index contributed by atoms with van der Waals surface area (Å²) in [4.78, 5) is 2.31. The quantitative estimate of drug-likeness (QED) is 0.846. The number of thiophene rings is 1. The predicted octanol–water partition coefficient (Wildman–Crippen LogP) is 4.26. The molecular weight excluding hydrogens is 320 g/mol. The Morgan fingerprint density at radius 2 is 2.16 bits per heavy atom. The van der Waals surface area contributed by atoms with Gasteiger partial charge >= 0.3 is 0 Å². The average molecular weight is 339 g/mol. The van der Waals surface area contributed by atoms with Crippen molar-refractivity contribution in [2.45, 2.75) is 20.0 Å². The lowest BCUT2D eigenvalue weighted by molar-refractivity contribution is 0.723. The van der Waals surface area contributed by atoms with Crippen molar-refractivity contribution < 1.29 is 0 Å². The third-order valence-electron chi connectivity index (χ3n) is 3.02. The van der Waals surface area contributed by atoms with Crippen molar-refractivity contribution in [3.8, 4) is 0 Å². The third kappa shape index (κ3) is 4.06. The molecule has 0 spiro atoms. The molecule has 0 unspecified atom stereocenters. The van der Waals surface area contributed by atoms with Crippen LogP contribution in [-0.2, 0) is 13.1 Å². The Balaban J connectivity index is 2.18. The van der Waals surface area contributed by atoms with Crippen molar-refractivity contribution in [3.63, 3.8) is 0 Å². The van der Waals surface area contributed by atoms with Gasteiger partial charge in [-0.25, -0.2) is 0 Å². The number of benzene rings is 1. The lowest BCUT2D eigenvalue weighted by Gasteiger charge is -2.22. The van der Waals surface area contributed by atoms with Gasteiger partial charge in [-0.3, -0.25) is 0 Å². The van der Waals surface area contributed by atoms with E-state index in [0.717, 1.165) is 24.1 Å². The number of nitrogens with zero attached hydrogens (tertiary/aromatic N) is 1. The summed E-state index contributed by atoms with van der Waals surface area (Å²) in [7, 11) is 2.15. The van der Waals surface area contributed by atoms with Gasteiger partial charge in [-0.1, -0.05) is 28.9 Å². The van der Waals surface area contributed by atoms with Crippen molar-refractivity contribution in [1.29, 1.82) is 0 Å². The molecule has 1 heterocycles. The molecule has 0 saturated heterocycles. The molecule has 0 saturated carbocycles. The molecule has 0 aliphatic rings. The Morgan fingerprint density at radius 1 is 1.32 bits per heavy atom. The first-order chi connectivity index (χ1) is 9.20. The maximum atomic E-state index is 3.57. The zero-order valence-electron chi connectivity index (χ0n) is 11.3. The fraction of sp³-hybridized carbons (Fsp3) is 0.333. The zero-order valence-corrected chi connectivity index (χ0v) is 13.7. The lowest BCUT2D eigenvalue weighted by Crippen LogP contribution is -2.20. The van der Waals surface area contributed by atoms with E-state index < -0.39 is 0 Å². The minimum absolute atomic E-state index is 0.910. The molecule has 4 heteroatoms. The maximum absolute atomic E-state index is 3.57. The van der Waals surface area contributed by atoms with E-state index in [1.807, 2.05) is 0 Å². The Bertz CT molecular complexity index is 511. The van der Waals surface area contributed by atoms with E-state index in [9.17, 15) is 0 Å². The molecule has 0 bridgehead atoms. The number of nitrogens with one attached hydrogen (secondary N) is 1. The average Bonchev–Trinajstić information content (AvgIpc) is 2.90. The molecule has 2 nitrogen and oxygen atoms in total. The van der Waals surface area contributed by atoms with Crippen LogP contribution in [0.5, 0.6) is 0 Å². The number of rotatable bonds is 6. The second-order valence-corrected chi connectivity index (χ2v) is 6.24. The lowest BCUT2D eigenvalue weighted by atomic mass is 10.1. The molecule has 2 aromatic rings. The Morgan fingerprint density at radius 3 is 2.84 bits per heavy atom. The van der Waals surface area contributed by atoms with E-state index in [4.69, 9.17) is 0 Å². The van der Waals surface area contributed by atoms with Gasteiger partial charge in [0.05, 0.1) is 0 Å². The molecule has 0 aliphatic carbocycles.